The monoisotopic (exact) mass is 414 g/mol. The molecule has 0 radical (unpaired) electrons. The minimum absolute atomic E-state index is 0.617. The van der Waals surface area contributed by atoms with Crippen molar-refractivity contribution in [1.82, 2.24) is 0 Å². The van der Waals surface area contributed by atoms with Gasteiger partial charge in [0.25, 0.3) is 0 Å². The second-order valence-electron chi connectivity index (χ2n) is 8.04. The molecule has 1 aromatic rings. The van der Waals surface area contributed by atoms with E-state index in [1.807, 2.05) is 36.4 Å². The van der Waals surface area contributed by atoms with Gasteiger partial charge in [-0.1, -0.05) is 89.1 Å². The highest BCUT2D eigenvalue weighted by molar-refractivity contribution is 5.75. The molecule has 0 saturated carbocycles. The van der Waals surface area contributed by atoms with Crippen LogP contribution < -0.4 is 4.74 Å². The predicted octanol–water partition coefficient (Wildman–Crippen LogP) is 6.65. The number of para-hydroxylation sites is 1. The highest BCUT2D eigenvalue weighted by Crippen LogP contribution is 2.39. The number of hydrogen-bond acceptors (Lipinski definition) is 3. The van der Waals surface area contributed by atoms with Gasteiger partial charge in [0, 0.05) is 12.2 Å². The standard InChI is InChI=1S/C26H38O4/c1-3-5-7-8-9-13-21-30-26(18-16-22(17-19-26)25(27)28)23-14-10-11-15-24(23)29-20-12-6-4-2/h10-11,14-19,22H,3-9,12-13,20-21H2,1-2H3,(H,27,28). The Hall–Kier alpha value is -2.07. The van der Waals surface area contributed by atoms with Gasteiger partial charge in [-0.3, -0.25) is 4.79 Å². The molecular formula is C26H38O4. The Bertz CT molecular complexity index is 678. The van der Waals surface area contributed by atoms with E-state index in [9.17, 15) is 9.90 Å². The first-order valence-corrected chi connectivity index (χ1v) is 11.6. The molecule has 0 fully saturated rings. The summed E-state index contributed by atoms with van der Waals surface area (Å²) in [5, 5.41) is 9.35. The van der Waals surface area contributed by atoms with Crippen molar-refractivity contribution in [2.45, 2.75) is 77.2 Å². The minimum atomic E-state index is -0.851. The van der Waals surface area contributed by atoms with Gasteiger partial charge in [0.2, 0.25) is 0 Å². The third-order valence-corrected chi connectivity index (χ3v) is 5.54. The van der Waals surface area contributed by atoms with Gasteiger partial charge < -0.3 is 14.6 Å². The van der Waals surface area contributed by atoms with E-state index in [1.165, 1.54) is 25.7 Å². The predicted molar refractivity (Wildman–Crippen MR) is 122 cm³/mol. The van der Waals surface area contributed by atoms with Crippen LogP contribution in [0.2, 0.25) is 0 Å². The molecule has 1 N–H and O–H groups in total. The average Bonchev–Trinajstić information content (AvgIpc) is 2.76. The number of benzene rings is 1. The molecule has 0 unspecified atom stereocenters. The molecule has 0 bridgehead atoms. The van der Waals surface area contributed by atoms with Crippen LogP contribution in [0.25, 0.3) is 0 Å². The van der Waals surface area contributed by atoms with E-state index in [0.29, 0.717) is 13.2 Å². The van der Waals surface area contributed by atoms with Gasteiger partial charge in [-0.2, -0.15) is 0 Å². The van der Waals surface area contributed by atoms with Crippen LogP contribution in [0.4, 0.5) is 0 Å². The number of hydrogen-bond donors (Lipinski definition) is 1. The third-order valence-electron chi connectivity index (χ3n) is 5.54. The van der Waals surface area contributed by atoms with Crippen molar-refractivity contribution in [3.8, 4) is 5.75 Å². The first-order chi connectivity index (χ1) is 14.6. The summed E-state index contributed by atoms with van der Waals surface area (Å²) in [6, 6.07) is 7.94. The second-order valence-corrected chi connectivity index (χ2v) is 8.04. The fourth-order valence-electron chi connectivity index (χ4n) is 3.70. The van der Waals surface area contributed by atoms with Crippen LogP contribution in [0.5, 0.6) is 5.75 Å². The van der Waals surface area contributed by atoms with Crippen molar-refractivity contribution >= 4 is 5.97 Å². The molecule has 166 valence electrons. The van der Waals surface area contributed by atoms with E-state index in [4.69, 9.17) is 9.47 Å². The number of carboxylic acid groups (broad SMARTS) is 1. The zero-order chi connectivity index (χ0) is 21.7. The van der Waals surface area contributed by atoms with Crippen molar-refractivity contribution in [2.24, 2.45) is 5.92 Å². The van der Waals surface area contributed by atoms with Gasteiger partial charge in [-0.25, -0.2) is 0 Å². The van der Waals surface area contributed by atoms with E-state index in [2.05, 4.69) is 13.8 Å². The number of carboxylic acids is 1. The maximum absolute atomic E-state index is 11.4. The average molecular weight is 415 g/mol. The lowest BCUT2D eigenvalue weighted by molar-refractivity contribution is -0.138. The Morgan fingerprint density at radius 1 is 0.900 bits per heavy atom. The lowest BCUT2D eigenvalue weighted by Crippen LogP contribution is -2.30. The van der Waals surface area contributed by atoms with Gasteiger partial charge in [-0.05, 0) is 31.1 Å². The topological polar surface area (TPSA) is 55.8 Å². The smallest absolute Gasteiger partial charge is 0.314 e. The normalized spacial score (nSPS) is 20.4. The quantitative estimate of drug-likeness (QED) is 0.258. The van der Waals surface area contributed by atoms with Gasteiger partial charge in [-0.15, -0.1) is 0 Å². The van der Waals surface area contributed by atoms with Gasteiger partial charge in [0.15, 0.2) is 0 Å². The lowest BCUT2D eigenvalue weighted by atomic mass is 9.85. The van der Waals surface area contributed by atoms with Crippen LogP contribution >= 0.6 is 0 Å². The number of ether oxygens (including phenoxy) is 2. The summed E-state index contributed by atoms with van der Waals surface area (Å²) < 4.78 is 12.5. The molecule has 1 aliphatic carbocycles. The maximum Gasteiger partial charge on any atom is 0.314 e. The van der Waals surface area contributed by atoms with Crippen molar-refractivity contribution in [1.29, 1.82) is 0 Å². The molecule has 2 rings (SSSR count). The van der Waals surface area contributed by atoms with Crippen LogP contribution in [0.3, 0.4) is 0 Å². The molecule has 0 amide bonds. The highest BCUT2D eigenvalue weighted by Gasteiger charge is 2.34. The molecule has 1 aliphatic rings. The van der Waals surface area contributed by atoms with Gasteiger partial charge in [0.1, 0.15) is 11.4 Å². The summed E-state index contributed by atoms with van der Waals surface area (Å²) in [4.78, 5) is 11.4. The Morgan fingerprint density at radius 3 is 2.20 bits per heavy atom. The third kappa shape index (κ3) is 7.32. The first kappa shape index (κ1) is 24.2. The SMILES string of the molecule is CCCCCCCCOC1(c2ccccc2OCCCCC)C=CC(C(=O)O)C=C1. The van der Waals surface area contributed by atoms with E-state index >= 15 is 0 Å². The summed E-state index contributed by atoms with van der Waals surface area (Å²) in [6.07, 6.45) is 17.7. The zero-order valence-electron chi connectivity index (χ0n) is 18.6. The molecule has 0 aliphatic heterocycles. The molecule has 0 saturated heterocycles. The molecule has 0 atom stereocenters. The second kappa shape index (κ2) is 13.3. The molecule has 4 heteroatoms. The minimum Gasteiger partial charge on any atom is -0.493 e. The Labute approximate surface area is 182 Å². The molecule has 0 heterocycles. The van der Waals surface area contributed by atoms with Crippen LogP contribution in [-0.2, 0) is 15.1 Å². The highest BCUT2D eigenvalue weighted by atomic mass is 16.5. The van der Waals surface area contributed by atoms with Crippen LogP contribution in [-0.4, -0.2) is 24.3 Å². The molecule has 0 spiro atoms. The van der Waals surface area contributed by atoms with Crippen molar-refractivity contribution in [2.75, 3.05) is 13.2 Å². The van der Waals surface area contributed by atoms with Crippen LogP contribution in [0.1, 0.15) is 77.2 Å². The van der Waals surface area contributed by atoms with E-state index in [1.54, 1.807) is 12.2 Å². The summed E-state index contributed by atoms with van der Waals surface area (Å²) >= 11 is 0. The van der Waals surface area contributed by atoms with Gasteiger partial charge in [0.05, 0.1) is 12.5 Å². The van der Waals surface area contributed by atoms with E-state index in [-0.39, 0.29) is 0 Å². The number of aliphatic carboxylic acids is 1. The lowest BCUT2D eigenvalue weighted by Gasteiger charge is -2.32. The van der Waals surface area contributed by atoms with Gasteiger partial charge >= 0.3 is 5.97 Å². The Morgan fingerprint density at radius 2 is 1.50 bits per heavy atom. The number of rotatable bonds is 15. The fraction of sp³-hybridized carbons (Fsp3) is 0.577. The number of carbonyl (C=O) groups is 1. The Kier molecular flexibility index (Phi) is 10.7. The molecule has 0 aromatic heterocycles. The number of unbranched alkanes of at least 4 members (excludes halogenated alkanes) is 7. The van der Waals surface area contributed by atoms with Crippen LogP contribution in [0, 0.1) is 5.92 Å². The summed E-state index contributed by atoms with van der Waals surface area (Å²) in [6.45, 7) is 5.70. The summed E-state index contributed by atoms with van der Waals surface area (Å²) in [7, 11) is 0. The van der Waals surface area contributed by atoms with E-state index < -0.39 is 17.5 Å². The first-order valence-electron chi connectivity index (χ1n) is 11.6. The van der Waals surface area contributed by atoms with Crippen LogP contribution in [0.15, 0.2) is 48.6 Å². The van der Waals surface area contributed by atoms with Crippen molar-refractivity contribution in [3.63, 3.8) is 0 Å². The maximum atomic E-state index is 11.4. The molecule has 4 nitrogen and oxygen atoms in total. The van der Waals surface area contributed by atoms with E-state index in [0.717, 1.165) is 43.4 Å². The Balaban J connectivity index is 2.12. The molecule has 30 heavy (non-hydrogen) atoms. The zero-order valence-corrected chi connectivity index (χ0v) is 18.6. The van der Waals surface area contributed by atoms with Crippen molar-refractivity contribution < 1.29 is 19.4 Å². The molecular weight excluding hydrogens is 376 g/mol. The summed E-state index contributed by atoms with van der Waals surface area (Å²) in [5.74, 6) is -0.663. The fourth-order valence-corrected chi connectivity index (χ4v) is 3.70. The summed E-state index contributed by atoms with van der Waals surface area (Å²) in [5.41, 5.74) is 0.153. The van der Waals surface area contributed by atoms with Crippen molar-refractivity contribution in [3.05, 3.63) is 54.1 Å². The largest absolute Gasteiger partial charge is 0.493 e. The molecule has 1 aromatic carbocycles.